The number of methoxy groups -OCH3 is 2. The minimum atomic E-state index is -0.265. The van der Waals surface area contributed by atoms with Gasteiger partial charge in [-0.15, -0.1) is 0 Å². The summed E-state index contributed by atoms with van der Waals surface area (Å²) in [5.74, 6) is 0.863. The van der Waals surface area contributed by atoms with E-state index in [9.17, 15) is 9.90 Å². The average molecular weight is 258 g/mol. The van der Waals surface area contributed by atoms with Gasteiger partial charge in [0.15, 0.2) is 5.78 Å². The predicted octanol–water partition coefficient (Wildman–Crippen LogP) is 2.64. The summed E-state index contributed by atoms with van der Waals surface area (Å²) in [7, 11) is 3.07. The van der Waals surface area contributed by atoms with Gasteiger partial charge in [0.25, 0.3) is 0 Å². The number of rotatable bonds is 4. The van der Waals surface area contributed by atoms with E-state index in [2.05, 4.69) is 0 Å². The summed E-state index contributed by atoms with van der Waals surface area (Å²) < 4.78 is 10.1. The van der Waals surface area contributed by atoms with Crippen molar-refractivity contribution in [2.45, 2.75) is 0 Å². The van der Waals surface area contributed by atoms with Gasteiger partial charge in [0, 0.05) is 5.56 Å². The Morgan fingerprint density at radius 1 is 0.947 bits per heavy atom. The lowest BCUT2D eigenvalue weighted by Gasteiger charge is -2.07. The minimum absolute atomic E-state index is 0.0679. The van der Waals surface area contributed by atoms with Crippen molar-refractivity contribution in [1.82, 2.24) is 0 Å². The first-order chi connectivity index (χ1) is 9.15. The Labute approximate surface area is 111 Å². The number of benzene rings is 2. The van der Waals surface area contributed by atoms with Crippen LogP contribution in [0, 0.1) is 0 Å². The van der Waals surface area contributed by atoms with Crippen LogP contribution in [0.2, 0.25) is 0 Å². The number of aromatic hydroxyl groups is 1. The zero-order valence-electron chi connectivity index (χ0n) is 10.7. The number of ketones is 1. The molecule has 0 heterocycles. The topological polar surface area (TPSA) is 55.8 Å². The fourth-order valence-electron chi connectivity index (χ4n) is 1.72. The fourth-order valence-corrected chi connectivity index (χ4v) is 1.72. The van der Waals surface area contributed by atoms with Gasteiger partial charge in [0.1, 0.15) is 17.2 Å². The first kappa shape index (κ1) is 13.0. The summed E-state index contributed by atoms with van der Waals surface area (Å²) in [6.07, 6.45) is 0. The van der Waals surface area contributed by atoms with Crippen LogP contribution in [0.1, 0.15) is 15.9 Å². The molecule has 0 aliphatic rings. The Bertz CT molecular complexity index is 588. The molecule has 0 atom stereocenters. The van der Waals surface area contributed by atoms with Gasteiger partial charge in [-0.2, -0.15) is 0 Å². The second kappa shape index (κ2) is 5.44. The quantitative estimate of drug-likeness (QED) is 0.856. The van der Waals surface area contributed by atoms with Gasteiger partial charge in [-0.1, -0.05) is 0 Å². The van der Waals surface area contributed by atoms with Crippen LogP contribution in [0.25, 0.3) is 0 Å². The summed E-state index contributed by atoms with van der Waals surface area (Å²) in [5, 5.41) is 9.76. The van der Waals surface area contributed by atoms with Gasteiger partial charge < -0.3 is 14.6 Å². The van der Waals surface area contributed by atoms with Crippen LogP contribution in [0.5, 0.6) is 17.2 Å². The van der Waals surface area contributed by atoms with Crippen molar-refractivity contribution in [3.8, 4) is 17.2 Å². The highest BCUT2D eigenvalue weighted by Crippen LogP contribution is 2.26. The second-order valence-electron chi connectivity index (χ2n) is 3.94. The first-order valence-electron chi connectivity index (χ1n) is 5.71. The zero-order chi connectivity index (χ0) is 13.8. The maximum absolute atomic E-state index is 12.3. The maximum Gasteiger partial charge on any atom is 0.196 e. The summed E-state index contributed by atoms with van der Waals surface area (Å²) in [5.41, 5.74) is 0.689. The summed E-state index contributed by atoms with van der Waals surface area (Å²) >= 11 is 0. The Kier molecular flexibility index (Phi) is 3.71. The summed E-state index contributed by atoms with van der Waals surface area (Å²) in [4.78, 5) is 12.3. The molecule has 0 fully saturated rings. The van der Waals surface area contributed by atoms with Crippen molar-refractivity contribution in [1.29, 1.82) is 0 Å². The van der Waals surface area contributed by atoms with Crippen LogP contribution in [-0.2, 0) is 0 Å². The summed E-state index contributed by atoms with van der Waals surface area (Å²) in [6.45, 7) is 0. The average Bonchev–Trinajstić information content (AvgIpc) is 2.47. The predicted molar refractivity (Wildman–Crippen MR) is 71.1 cm³/mol. The van der Waals surface area contributed by atoms with Crippen LogP contribution in [0.4, 0.5) is 0 Å². The Balaban J connectivity index is 2.37. The van der Waals surface area contributed by atoms with E-state index in [4.69, 9.17) is 9.47 Å². The van der Waals surface area contributed by atoms with E-state index in [0.717, 1.165) is 0 Å². The zero-order valence-corrected chi connectivity index (χ0v) is 10.7. The van der Waals surface area contributed by atoms with Gasteiger partial charge >= 0.3 is 0 Å². The lowest BCUT2D eigenvalue weighted by molar-refractivity contribution is 0.103. The van der Waals surface area contributed by atoms with Crippen LogP contribution in [-0.4, -0.2) is 25.1 Å². The third kappa shape index (κ3) is 2.68. The molecule has 0 saturated carbocycles. The molecule has 0 aliphatic carbocycles. The highest BCUT2D eigenvalue weighted by Gasteiger charge is 2.14. The monoisotopic (exact) mass is 258 g/mol. The maximum atomic E-state index is 12.3. The third-order valence-electron chi connectivity index (χ3n) is 2.80. The molecule has 2 aromatic rings. The molecular formula is C15H14O4. The lowest BCUT2D eigenvalue weighted by Crippen LogP contribution is -2.02. The van der Waals surface area contributed by atoms with Crippen molar-refractivity contribution < 1.29 is 19.4 Å². The SMILES string of the molecule is COc1ccc(C(=O)c2cc(OC)ccc2O)cc1. The number of hydrogen-bond acceptors (Lipinski definition) is 4. The molecule has 0 bridgehead atoms. The van der Waals surface area contributed by atoms with Crippen molar-refractivity contribution in [3.63, 3.8) is 0 Å². The van der Waals surface area contributed by atoms with Crippen LogP contribution in [0.3, 0.4) is 0 Å². The van der Waals surface area contributed by atoms with Crippen LogP contribution < -0.4 is 9.47 Å². The van der Waals surface area contributed by atoms with E-state index < -0.39 is 0 Å². The molecule has 0 aliphatic heterocycles. The minimum Gasteiger partial charge on any atom is -0.507 e. The number of carbonyl (C=O) groups excluding carboxylic acids is 1. The molecule has 0 unspecified atom stereocenters. The molecule has 0 radical (unpaired) electrons. The van der Waals surface area contributed by atoms with Crippen molar-refractivity contribution in [2.75, 3.05) is 14.2 Å². The second-order valence-corrected chi connectivity index (χ2v) is 3.94. The molecule has 4 nitrogen and oxygen atoms in total. The van der Waals surface area contributed by atoms with Crippen molar-refractivity contribution in [2.24, 2.45) is 0 Å². The van der Waals surface area contributed by atoms with Crippen LogP contribution in [0.15, 0.2) is 42.5 Å². The molecular weight excluding hydrogens is 244 g/mol. The van der Waals surface area contributed by atoms with Crippen LogP contribution >= 0.6 is 0 Å². The normalized spacial score (nSPS) is 10.0. The molecule has 2 rings (SSSR count). The number of carbonyl (C=O) groups is 1. The van der Waals surface area contributed by atoms with E-state index in [1.165, 1.54) is 19.2 Å². The molecule has 98 valence electrons. The Hall–Kier alpha value is -2.49. The molecule has 0 aromatic heterocycles. The van der Waals surface area contributed by atoms with E-state index in [-0.39, 0.29) is 17.1 Å². The fraction of sp³-hybridized carbons (Fsp3) is 0.133. The number of ether oxygens (including phenoxy) is 2. The van der Waals surface area contributed by atoms with Gasteiger partial charge in [0.05, 0.1) is 19.8 Å². The highest BCUT2D eigenvalue weighted by atomic mass is 16.5. The molecule has 4 heteroatoms. The molecule has 0 saturated heterocycles. The molecule has 0 spiro atoms. The largest absolute Gasteiger partial charge is 0.507 e. The Morgan fingerprint density at radius 3 is 2.11 bits per heavy atom. The van der Waals surface area contributed by atoms with Gasteiger partial charge in [-0.3, -0.25) is 4.79 Å². The lowest BCUT2D eigenvalue weighted by atomic mass is 10.0. The van der Waals surface area contributed by atoms with Gasteiger partial charge in [0.2, 0.25) is 0 Å². The van der Waals surface area contributed by atoms with E-state index in [1.54, 1.807) is 37.4 Å². The van der Waals surface area contributed by atoms with Crippen molar-refractivity contribution in [3.05, 3.63) is 53.6 Å². The molecule has 2 aromatic carbocycles. The Morgan fingerprint density at radius 2 is 1.53 bits per heavy atom. The number of hydrogen-bond donors (Lipinski definition) is 1. The van der Waals surface area contributed by atoms with Gasteiger partial charge in [-0.05, 0) is 42.5 Å². The highest BCUT2D eigenvalue weighted by molar-refractivity contribution is 6.10. The number of phenolic OH excluding ortho intramolecular Hbond substituents is 1. The summed E-state index contributed by atoms with van der Waals surface area (Å²) in [6, 6.07) is 11.3. The first-order valence-corrected chi connectivity index (χ1v) is 5.71. The molecule has 0 amide bonds. The van der Waals surface area contributed by atoms with Gasteiger partial charge in [-0.25, -0.2) is 0 Å². The van der Waals surface area contributed by atoms with E-state index in [0.29, 0.717) is 17.1 Å². The standard InChI is InChI=1S/C15H14O4/c1-18-11-5-3-10(4-6-11)15(17)13-9-12(19-2)7-8-14(13)16/h3-9,16H,1-2H3. The smallest absolute Gasteiger partial charge is 0.196 e. The third-order valence-corrected chi connectivity index (χ3v) is 2.80. The van der Waals surface area contributed by atoms with Crippen molar-refractivity contribution >= 4 is 5.78 Å². The van der Waals surface area contributed by atoms with E-state index >= 15 is 0 Å². The molecule has 19 heavy (non-hydrogen) atoms. The van der Waals surface area contributed by atoms with E-state index in [1.807, 2.05) is 0 Å². The molecule has 1 N–H and O–H groups in total. The number of phenols is 1.